The van der Waals surface area contributed by atoms with Crippen LogP contribution in [-0.4, -0.2) is 73.3 Å². The summed E-state index contributed by atoms with van der Waals surface area (Å²) in [5.41, 5.74) is -0.0958. The highest BCUT2D eigenvalue weighted by Gasteiger charge is 2.27. The number of hydrogen-bond donors (Lipinski definition) is 0. The van der Waals surface area contributed by atoms with E-state index in [9.17, 15) is 14.0 Å². The molecule has 5 nitrogen and oxygen atoms in total. The Hall–Kier alpha value is -1.66. The molecule has 1 aliphatic rings. The highest BCUT2D eigenvalue weighted by Crippen LogP contribution is 2.21. The minimum atomic E-state index is -0.619. The van der Waals surface area contributed by atoms with Crippen LogP contribution in [0.15, 0.2) is 18.2 Å². The maximum absolute atomic E-state index is 13.8. The third kappa shape index (κ3) is 4.42. The number of nitrogens with zero attached hydrogens (tertiary/aromatic N) is 3. The number of piperazine rings is 1. The van der Waals surface area contributed by atoms with Gasteiger partial charge in [-0.2, -0.15) is 0 Å². The molecule has 1 saturated heterocycles. The van der Waals surface area contributed by atoms with Crippen molar-refractivity contribution in [2.75, 3.05) is 46.8 Å². The topological polar surface area (TPSA) is 43.9 Å². The molecule has 1 heterocycles. The van der Waals surface area contributed by atoms with Crippen molar-refractivity contribution in [2.45, 2.75) is 6.42 Å². The van der Waals surface area contributed by atoms with Crippen molar-refractivity contribution in [3.8, 4) is 0 Å². The van der Waals surface area contributed by atoms with Gasteiger partial charge in [-0.25, -0.2) is 4.39 Å². The normalized spacial score (nSPS) is 15.2. The van der Waals surface area contributed by atoms with E-state index in [1.165, 1.54) is 18.2 Å². The zero-order valence-electron chi connectivity index (χ0n) is 13.4. The standard InChI is InChI=1S/C16H21ClFN3O2/c1-19(2)7-6-14(22)20-8-10-21(11-9-20)16(23)15-12(17)4-3-5-13(15)18/h3-5H,6-11H2,1-2H3. The Bertz CT molecular complexity index is 566. The first kappa shape index (κ1) is 17.7. The van der Waals surface area contributed by atoms with E-state index >= 15 is 0 Å². The smallest absolute Gasteiger partial charge is 0.258 e. The first-order chi connectivity index (χ1) is 10.9. The minimum absolute atomic E-state index is 0.0784. The number of benzene rings is 1. The Morgan fingerprint density at radius 1 is 1.17 bits per heavy atom. The number of rotatable bonds is 4. The lowest BCUT2D eigenvalue weighted by Crippen LogP contribution is -2.51. The molecule has 1 aromatic rings. The first-order valence-corrected chi connectivity index (χ1v) is 7.93. The molecule has 2 amide bonds. The van der Waals surface area contributed by atoms with Crippen LogP contribution in [0.5, 0.6) is 0 Å². The molecule has 0 bridgehead atoms. The zero-order valence-corrected chi connectivity index (χ0v) is 14.1. The predicted molar refractivity (Wildman–Crippen MR) is 87.1 cm³/mol. The quantitative estimate of drug-likeness (QED) is 0.837. The lowest BCUT2D eigenvalue weighted by atomic mass is 10.1. The highest BCUT2D eigenvalue weighted by atomic mass is 35.5. The fraction of sp³-hybridized carbons (Fsp3) is 0.500. The van der Waals surface area contributed by atoms with Crippen molar-refractivity contribution in [1.82, 2.24) is 14.7 Å². The van der Waals surface area contributed by atoms with E-state index in [0.717, 1.165) is 0 Å². The van der Waals surface area contributed by atoms with Crippen molar-refractivity contribution in [1.29, 1.82) is 0 Å². The molecule has 1 aliphatic heterocycles. The van der Waals surface area contributed by atoms with Crippen LogP contribution in [0.4, 0.5) is 4.39 Å². The highest BCUT2D eigenvalue weighted by molar-refractivity contribution is 6.33. The molecule has 0 N–H and O–H groups in total. The van der Waals surface area contributed by atoms with Gasteiger partial charge in [0.05, 0.1) is 10.6 Å². The minimum Gasteiger partial charge on any atom is -0.339 e. The van der Waals surface area contributed by atoms with Crippen LogP contribution in [0, 0.1) is 5.82 Å². The zero-order chi connectivity index (χ0) is 17.0. The summed E-state index contributed by atoms with van der Waals surface area (Å²) in [6.07, 6.45) is 0.458. The summed E-state index contributed by atoms with van der Waals surface area (Å²) in [4.78, 5) is 29.7. The molecule has 0 atom stereocenters. The molecule has 23 heavy (non-hydrogen) atoms. The van der Waals surface area contributed by atoms with Gasteiger partial charge in [-0.15, -0.1) is 0 Å². The summed E-state index contributed by atoms with van der Waals surface area (Å²) in [5, 5.41) is 0.111. The van der Waals surface area contributed by atoms with E-state index in [1.807, 2.05) is 19.0 Å². The van der Waals surface area contributed by atoms with Crippen molar-refractivity contribution in [3.05, 3.63) is 34.6 Å². The summed E-state index contributed by atoms with van der Waals surface area (Å²) in [7, 11) is 3.84. The Kier molecular flexibility index (Phi) is 5.96. The fourth-order valence-corrected chi connectivity index (χ4v) is 2.74. The molecule has 126 valence electrons. The third-order valence-electron chi connectivity index (χ3n) is 3.87. The summed E-state index contributed by atoms with van der Waals surface area (Å²) < 4.78 is 13.8. The second kappa shape index (κ2) is 7.75. The van der Waals surface area contributed by atoms with Gasteiger partial charge < -0.3 is 14.7 Å². The van der Waals surface area contributed by atoms with Crippen LogP contribution in [0.3, 0.4) is 0 Å². The average Bonchev–Trinajstić information content (AvgIpc) is 2.52. The van der Waals surface area contributed by atoms with Crippen LogP contribution < -0.4 is 0 Å². The summed E-state index contributed by atoms with van der Waals surface area (Å²) >= 11 is 5.94. The van der Waals surface area contributed by atoms with Crippen molar-refractivity contribution in [2.24, 2.45) is 0 Å². The number of amides is 2. The lowest BCUT2D eigenvalue weighted by Gasteiger charge is -2.35. The predicted octanol–water partition coefficient (Wildman–Crippen LogP) is 1.72. The van der Waals surface area contributed by atoms with Crippen molar-refractivity contribution >= 4 is 23.4 Å². The Morgan fingerprint density at radius 2 is 1.78 bits per heavy atom. The molecular formula is C16H21ClFN3O2. The van der Waals surface area contributed by atoms with Gasteiger partial charge in [0.1, 0.15) is 5.82 Å². The molecule has 0 unspecified atom stereocenters. The molecule has 0 radical (unpaired) electrons. The molecule has 7 heteroatoms. The van der Waals surface area contributed by atoms with Gasteiger partial charge >= 0.3 is 0 Å². The van der Waals surface area contributed by atoms with Crippen LogP contribution in [0.25, 0.3) is 0 Å². The first-order valence-electron chi connectivity index (χ1n) is 7.56. The Morgan fingerprint density at radius 3 is 2.35 bits per heavy atom. The number of carbonyl (C=O) groups is 2. The molecule has 0 spiro atoms. The lowest BCUT2D eigenvalue weighted by molar-refractivity contribution is -0.132. The maximum atomic E-state index is 13.8. The largest absolute Gasteiger partial charge is 0.339 e. The van der Waals surface area contributed by atoms with E-state index in [2.05, 4.69) is 0 Å². The maximum Gasteiger partial charge on any atom is 0.258 e. The van der Waals surface area contributed by atoms with Crippen LogP contribution in [0.2, 0.25) is 5.02 Å². The molecular weight excluding hydrogens is 321 g/mol. The van der Waals surface area contributed by atoms with E-state index in [-0.39, 0.29) is 16.5 Å². The van der Waals surface area contributed by atoms with Gasteiger partial charge in [-0.3, -0.25) is 9.59 Å². The van der Waals surface area contributed by atoms with E-state index < -0.39 is 11.7 Å². The summed E-state index contributed by atoms with van der Waals surface area (Å²) in [6, 6.07) is 4.19. The summed E-state index contributed by atoms with van der Waals surface area (Å²) in [5.74, 6) is -0.963. The summed E-state index contributed by atoms with van der Waals surface area (Å²) in [6.45, 7) is 2.39. The third-order valence-corrected chi connectivity index (χ3v) is 4.18. The molecule has 2 rings (SSSR count). The van der Waals surface area contributed by atoms with Gasteiger partial charge in [0.25, 0.3) is 5.91 Å². The van der Waals surface area contributed by atoms with Crippen LogP contribution in [-0.2, 0) is 4.79 Å². The second-order valence-corrected chi connectivity index (χ2v) is 6.23. The Balaban J connectivity index is 1.94. The fourth-order valence-electron chi connectivity index (χ4n) is 2.50. The molecule has 0 saturated carbocycles. The number of halogens is 2. The van der Waals surface area contributed by atoms with Gasteiger partial charge in [0.2, 0.25) is 5.91 Å². The van der Waals surface area contributed by atoms with Crippen molar-refractivity contribution < 1.29 is 14.0 Å². The van der Waals surface area contributed by atoms with E-state index in [0.29, 0.717) is 39.1 Å². The molecule has 0 aliphatic carbocycles. The van der Waals surface area contributed by atoms with Crippen molar-refractivity contribution in [3.63, 3.8) is 0 Å². The van der Waals surface area contributed by atoms with Gasteiger partial charge in [-0.1, -0.05) is 17.7 Å². The monoisotopic (exact) mass is 341 g/mol. The Labute approximate surface area is 140 Å². The van der Waals surface area contributed by atoms with Gasteiger partial charge in [0, 0.05) is 39.1 Å². The molecule has 1 aromatic carbocycles. The SMILES string of the molecule is CN(C)CCC(=O)N1CCN(C(=O)c2c(F)cccc2Cl)CC1. The van der Waals surface area contributed by atoms with Gasteiger partial charge in [0.15, 0.2) is 0 Å². The van der Waals surface area contributed by atoms with E-state index in [4.69, 9.17) is 11.6 Å². The average molecular weight is 342 g/mol. The number of hydrogen-bond acceptors (Lipinski definition) is 3. The van der Waals surface area contributed by atoms with Gasteiger partial charge in [-0.05, 0) is 26.2 Å². The van der Waals surface area contributed by atoms with E-state index in [1.54, 1.807) is 9.80 Å². The molecule has 1 fully saturated rings. The second-order valence-electron chi connectivity index (χ2n) is 5.82. The van der Waals surface area contributed by atoms with Crippen LogP contribution >= 0.6 is 11.6 Å². The number of carbonyl (C=O) groups excluding carboxylic acids is 2. The van der Waals surface area contributed by atoms with Crippen LogP contribution in [0.1, 0.15) is 16.8 Å². The molecule has 0 aromatic heterocycles.